The molecule has 1 heterocycles. The van der Waals surface area contributed by atoms with Crippen LogP contribution in [0, 0.1) is 6.41 Å². The zero-order valence-electron chi connectivity index (χ0n) is 3.29. The van der Waals surface area contributed by atoms with Gasteiger partial charge in [0.1, 0.15) is 0 Å². The molecule has 0 saturated heterocycles. The maximum absolute atomic E-state index is 4.52. The number of thiol groups is 1. The van der Waals surface area contributed by atoms with Gasteiger partial charge in [-0.25, -0.2) is 9.61 Å². The molecule has 39 valence electrons. The van der Waals surface area contributed by atoms with Crippen molar-refractivity contribution in [3.05, 3.63) is 6.41 Å². The van der Waals surface area contributed by atoms with Gasteiger partial charge in [0.25, 0.3) is 0 Å². The van der Waals surface area contributed by atoms with Gasteiger partial charge in [-0.2, -0.15) is 0 Å². The minimum absolute atomic E-state index is 0.184. The fourth-order valence-corrected chi connectivity index (χ4v) is 0.305. The van der Waals surface area contributed by atoms with E-state index in [9.17, 15) is 0 Å². The number of rotatable bonds is 1. The quantitative estimate of drug-likeness (QED) is 0.373. The third kappa shape index (κ3) is 0.971. The zero-order valence-corrected chi connectivity index (χ0v) is 4.18. The second kappa shape index (κ2) is 2.04. The van der Waals surface area contributed by atoms with Crippen molar-refractivity contribution in [1.29, 1.82) is 0 Å². The first-order valence-electron chi connectivity index (χ1n) is 1.56. The highest BCUT2D eigenvalue weighted by Crippen LogP contribution is 2.03. The average molecular weight is 119 g/mol. The van der Waals surface area contributed by atoms with Gasteiger partial charge in [0.2, 0.25) is 0 Å². The Balaban J connectivity index is 2.22. The Bertz CT molecular complexity index is 77.8. The van der Waals surface area contributed by atoms with Gasteiger partial charge in [-0.3, -0.25) is 0 Å². The van der Waals surface area contributed by atoms with Crippen LogP contribution < -0.4 is 5.43 Å². The fraction of sp³-hybridized carbons (Fsp3) is 0. The van der Waals surface area contributed by atoms with Gasteiger partial charge in [-0.05, 0) is 12.9 Å². The van der Waals surface area contributed by atoms with E-state index < -0.39 is 0 Å². The van der Waals surface area contributed by atoms with Crippen LogP contribution in [0.3, 0.4) is 0 Å². The Morgan fingerprint density at radius 3 is 3.14 bits per heavy atom. The second-order valence-electron chi connectivity index (χ2n) is 0.843. The minimum Gasteiger partial charge on any atom is -0.423 e. The monoisotopic (exact) mass is 119 g/mol. The summed E-state index contributed by atoms with van der Waals surface area (Å²) in [5.74, 6) is 0. The smallest absolute Gasteiger partial charge is 0.413 e. The van der Waals surface area contributed by atoms with E-state index >= 15 is 0 Å². The van der Waals surface area contributed by atoms with Crippen molar-refractivity contribution in [2.45, 2.75) is 0 Å². The lowest BCUT2D eigenvalue weighted by Crippen LogP contribution is -2.09. The van der Waals surface area contributed by atoms with Crippen molar-refractivity contribution in [2.24, 2.45) is 5.10 Å². The van der Waals surface area contributed by atoms with Crippen molar-refractivity contribution in [1.82, 2.24) is 5.43 Å². The summed E-state index contributed by atoms with van der Waals surface area (Å²) in [4.78, 5) is 0. The van der Waals surface area contributed by atoms with Gasteiger partial charge in [-0.1, -0.05) is 0 Å². The van der Waals surface area contributed by atoms with E-state index in [-0.39, 0.29) is 6.41 Å². The number of nitrogens with zero attached hydrogens (tertiary/aromatic N) is 1. The van der Waals surface area contributed by atoms with E-state index in [0.29, 0.717) is 0 Å². The molecule has 5 heteroatoms. The van der Waals surface area contributed by atoms with Crippen LogP contribution in [0.2, 0.25) is 0 Å². The predicted octanol–water partition coefficient (Wildman–Crippen LogP) is -0.142. The highest BCUT2D eigenvalue weighted by Gasteiger charge is 2.12. The first-order chi connectivity index (χ1) is 3.43. The van der Waals surface area contributed by atoms with Crippen LogP contribution in [0.15, 0.2) is 5.10 Å². The molecule has 1 N–H and O–H groups in total. The predicted molar refractivity (Wildman–Crippen MR) is 26.0 cm³/mol. The number of nitrogens with one attached hydrogen (secondary N) is 1. The summed E-state index contributed by atoms with van der Waals surface area (Å²) in [5, 5.41) is 3.43. The molecule has 4 nitrogen and oxygen atoms in total. The molecule has 0 spiro atoms. The second-order valence-corrected chi connectivity index (χ2v) is 1.03. The molecule has 0 amide bonds. The standard InChI is InChI=1S/C2H3N2O2S/c7-6-2-4-3-1-5-2/h1,4,7H. The van der Waals surface area contributed by atoms with E-state index in [0.717, 1.165) is 0 Å². The van der Waals surface area contributed by atoms with Crippen molar-refractivity contribution in [2.75, 3.05) is 0 Å². The molecule has 0 unspecified atom stereocenters. The molecular weight excluding hydrogens is 116 g/mol. The summed E-state index contributed by atoms with van der Waals surface area (Å²) in [6, 6.07) is 0. The zero-order chi connectivity index (χ0) is 5.11. The van der Waals surface area contributed by atoms with Crippen LogP contribution in [0.5, 0.6) is 0 Å². The number of hydrogen-bond donors (Lipinski definition) is 2. The molecule has 0 saturated carbocycles. The summed E-state index contributed by atoms with van der Waals surface area (Å²) < 4.78 is 8.78. The molecule has 1 radical (unpaired) electrons. The Morgan fingerprint density at radius 1 is 2.00 bits per heavy atom. The molecule has 0 fully saturated rings. The van der Waals surface area contributed by atoms with Gasteiger partial charge < -0.3 is 4.74 Å². The van der Waals surface area contributed by atoms with Crippen molar-refractivity contribution < 1.29 is 8.92 Å². The van der Waals surface area contributed by atoms with E-state index in [1.54, 1.807) is 0 Å². The summed E-state index contributed by atoms with van der Waals surface area (Å²) in [7, 11) is 0. The lowest BCUT2D eigenvalue weighted by Gasteiger charge is -1.98. The Morgan fingerprint density at radius 2 is 2.86 bits per heavy atom. The maximum Gasteiger partial charge on any atom is 0.413 e. The highest BCUT2D eigenvalue weighted by atomic mass is 32.1. The van der Waals surface area contributed by atoms with Crippen LogP contribution in [0.25, 0.3) is 0 Å². The first kappa shape index (κ1) is 4.73. The molecule has 0 bridgehead atoms. The minimum atomic E-state index is 0.184. The SMILES string of the molecule is SO[C]1NN=CO1. The van der Waals surface area contributed by atoms with E-state index in [1.165, 1.54) is 6.40 Å². The van der Waals surface area contributed by atoms with E-state index in [4.69, 9.17) is 0 Å². The molecular formula is C2H3N2O2S. The van der Waals surface area contributed by atoms with Gasteiger partial charge in [0, 0.05) is 0 Å². The molecule has 7 heavy (non-hydrogen) atoms. The van der Waals surface area contributed by atoms with Crippen LogP contribution in [0.1, 0.15) is 0 Å². The van der Waals surface area contributed by atoms with Gasteiger partial charge in [0.15, 0.2) is 6.40 Å². The number of ether oxygens (including phenoxy) is 1. The average Bonchev–Trinajstić information content (AvgIpc) is 2.14. The fourth-order valence-electron chi connectivity index (χ4n) is 0.222. The van der Waals surface area contributed by atoms with Gasteiger partial charge in [-0.15, -0.1) is 5.10 Å². The Kier molecular flexibility index (Phi) is 1.38. The molecule has 0 aliphatic carbocycles. The van der Waals surface area contributed by atoms with Gasteiger partial charge >= 0.3 is 6.41 Å². The number of hydrogen-bond acceptors (Lipinski definition) is 5. The van der Waals surface area contributed by atoms with Crippen LogP contribution in [-0.2, 0) is 8.92 Å². The lowest BCUT2D eigenvalue weighted by atomic mass is 11.2. The highest BCUT2D eigenvalue weighted by molar-refractivity contribution is 7.75. The largest absolute Gasteiger partial charge is 0.423 e. The first-order valence-corrected chi connectivity index (χ1v) is 1.92. The number of hydrazone groups is 1. The van der Waals surface area contributed by atoms with E-state index in [2.05, 4.69) is 32.4 Å². The lowest BCUT2D eigenvalue weighted by molar-refractivity contribution is 0.135. The van der Waals surface area contributed by atoms with Crippen LogP contribution in [0.4, 0.5) is 0 Å². The van der Waals surface area contributed by atoms with E-state index in [1.807, 2.05) is 0 Å². The molecule has 1 aliphatic rings. The maximum atomic E-state index is 4.52. The summed E-state index contributed by atoms with van der Waals surface area (Å²) in [6.07, 6.45) is 1.40. The molecule has 1 rings (SSSR count). The molecule has 0 atom stereocenters. The Labute approximate surface area is 46.1 Å². The molecule has 0 aromatic heterocycles. The summed E-state index contributed by atoms with van der Waals surface area (Å²) >= 11 is 3.41. The summed E-state index contributed by atoms with van der Waals surface area (Å²) in [6.45, 7) is 0. The summed E-state index contributed by atoms with van der Waals surface area (Å²) in [5.41, 5.74) is 2.37. The van der Waals surface area contributed by atoms with Crippen molar-refractivity contribution in [3.8, 4) is 0 Å². The normalized spacial score (nSPS) is 19.0. The van der Waals surface area contributed by atoms with Crippen molar-refractivity contribution in [3.63, 3.8) is 0 Å². The molecule has 0 aromatic carbocycles. The van der Waals surface area contributed by atoms with Gasteiger partial charge in [0.05, 0.1) is 0 Å². The third-order valence-electron chi connectivity index (χ3n) is 0.451. The van der Waals surface area contributed by atoms with Crippen molar-refractivity contribution >= 4 is 19.3 Å². The van der Waals surface area contributed by atoms with Crippen LogP contribution in [-0.4, -0.2) is 6.40 Å². The third-order valence-corrected chi connectivity index (χ3v) is 0.617. The molecule has 1 aliphatic heterocycles. The topological polar surface area (TPSA) is 42.8 Å². The molecule has 0 aromatic rings. The Hall–Kier alpha value is -0.420. The van der Waals surface area contributed by atoms with Crippen LogP contribution >= 0.6 is 12.9 Å².